The maximum absolute atomic E-state index is 11.9. The third-order valence-corrected chi connectivity index (χ3v) is 2.88. The summed E-state index contributed by atoms with van der Waals surface area (Å²) < 4.78 is 35.8. The number of anilines is 1. The van der Waals surface area contributed by atoms with Crippen LogP contribution in [0.2, 0.25) is 0 Å². The van der Waals surface area contributed by atoms with E-state index in [4.69, 9.17) is 11.5 Å². The molecule has 20 heavy (non-hydrogen) atoms. The van der Waals surface area contributed by atoms with Crippen molar-refractivity contribution in [1.82, 2.24) is 4.98 Å². The van der Waals surface area contributed by atoms with Crippen molar-refractivity contribution in [3.63, 3.8) is 0 Å². The summed E-state index contributed by atoms with van der Waals surface area (Å²) >= 11 is 1.19. The molecule has 1 aromatic heterocycles. The van der Waals surface area contributed by atoms with Gasteiger partial charge in [-0.1, -0.05) is 0 Å². The van der Waals surface area contributed by atoms with Crippen LogP contribution in [0, 0.1) is 0 Å². The van der Waals surface area contributed by atoms with Gasteiger partial charge in [-0.3, -0.25) is 4.79 Å². The molecule has 1 heterocycles. The summed E-state index contributed by atoms with van der Waals surface area (Å²) in [6.45, 7) is -1.34. The first-order chi connectivity index (χ1) is 9.26. The van der Waals surface area contributed by atoms with Crippen LogP contribution in [0.15, 0.2) is 10.4 Å². The molecule has 6 nitrogen and oxygen atoms in total. The minimum Gasteiger partial charge on any atom is -0.370 e. The molecule has 0 unspecified atom stereocenters. The second kappa shape index (κ2) is 7.08. The molecule has 10 heteroatoms. The number of halogens is 3. The molecule has 0 radical (unpaired) electrons. The van der Waals surface area contributed by atoms with Crippen molar-refractivity contribution in [2.45, 2.75) is 25.4 Å². The average Bonchev–Trinajstić information content (AvgIpc) is 2.73. The largest absolute Gasteiger partial charge is 0.408 e. The molecule has 112 valence electrons. The standard InChI is InChI=1S/C10H14F3N5OS/c11-10(12,13)5-16-8(15)18-9-17-6(4-20-9)2-1-3-7(14)19/h4H,1-3,5H2,(H2,14,19)(H3,15,16,17,18). The van der Waals surface area contributed by atoms with Crippen LogP contribution in [-0.4, -0.2) is 29.6 Å². The lowest BCUT2D eigenvalue weighted by molar-refractivity contribution is -0.119. The van der Waals surface area contributed by atoms with Crippen molar-refractivity contribution in [2.75, 3.05) is 11.9 Å². The quantitative estimate of drug-likeness (QED) is 0.543. The summed E-state index contributed by atoms with van der Waals surface area (Å²) in [6, 6.07) is 0. The van der Waals surface area contributed by atoms with Gasteiger partial charge in [0.1, 0.15) is 6.54 Å². The molecule has 0 fully saturated rings. The normalized spacial score (nSPS) is 12.4. The van der Waals surface area contributed by atoms with Gasteiger partial charge in [0.05, 0.1) is 5.69 Å². The molecule has 0 spiro atoms. The third-order valence-electron chi connectivity index (χ3n) is 2.07. The SMILES string of the molecule is NC(=O)CCCc1csc(N/C(N)=N\CC(F)(F)F)n1. The number of carbonyl (C=O) groups excluding carboxylic acids is 1. The van der Waals surface area contributed by atoms with Gasteiger partial charge in [0.25, 0.3) is 0 Å². The lowest BCUT2D eigenvalue weighted by Crippen LogP contribution is -2.25. The summed E-state index contributed by atoms with van der Waals surface area (Å²) in [6.07, 6.45) is -3.01. The number of nitrogens with one attached hydrogen (secondary N) is 1. The lowest BCUT2D eigenvalue weighted by Gasteiger charge is -2.04. The highest BCUT2D eigenvalue weighted by Crippen LogP contribution is 2.17. The number of nitrogens with zero attached hydrogens (tertiary/aromatic N) is 2. The molecule has 0 atom stereocenters. The highest BCUT2D eigenvalue weighted by Gasteiger charge is 2.26. The Balaban J connectivity index is 2.45. The Kier molecular flexibility index (Phi) is 5.74. The highest BCUT2D eigenvalue weighted by atomic mass is 32.1. The number of amides is 1. The zero-order valence-corrected chi connectivity index (χ0v) is 11.2. The van der Waals surface area contributed by atoms with E-state index in [0.29, 0.717) is 23.7 Å². The van der Waals surface area contributed by atoms with E-state index >= 15 is 0 Å². The van der Waals surface area contributed by atoms with Gasteiger partial charge >= 0.3 is 6.18 Å². The Morgan fingerprint density at radius 2 is 2.15 bits per heavy atom. The third kappa shape index (κ3) is 6.92. The number of alkyl halides is 3. The number of guanidine groups is 1. The van der Waals surface area contributed by atoms with Crippen molar-refractivity contribution in [2.24, 2.45) is 16.5 Å². The zero-order chi connectivity index (χ0) is 15.2. The number of aliphatic imine (C=N–C) groups is 1. The average molecular weight is 309 g/mol. The monoisotopic (exact) mass is 309 g/mol. The van der Waals surface area contributed by atoms with E-state index < -0.39 is 12.7 Å². The van der Waals surface area contributed by atoms with Gasteiger partial charge in [0.15, 0.2) is 11.1 Å². The first kappa shape index (κ1) is 16.2. The maximum atomic E-state index is 11.9. The molecule has 0 aliphatic heterocycles. The number of primary amides is 1. The molecule has 1 amide bonds. The first-order valence-electron chi connectivity index (χ1n) is 5.62. The van der Waals surface area contributed by atoms with Gasteiger partial charge in [-0.2, -0.15) is 13.2 Å². The molecule has 0 bridgehead atoms. The molecule has 0 aliphatic rings. The number of aromatic nitrogens is 1. The molecular weight excluding hydrogens is 295 g/mol. The first-order valence-corrected chi connectivity index (χ1v) is 6.50. The summed E-state index contributed by atoms with van der Waals surface area (Å²) in [5, 5.41) is 4.55. The maximum Gasteiger partial charge on any atom is 0.408 e. The predicted molar refractivity (Wildman–Crippen MR) is 70.4 cm³/mol. The van der Waals surface area contributed by atoms with Gasteiger partial charge < -0.3 is 16.8 Å². The Bertz CT molecular complexity index is 485. The van der Waals surface area contributed by atoms with Crippen LogP contribution in [0.25, 0.3) is 0 Å². The van der Waals surface area contributed by atoms with Crippen LogP contribution in [-0.2, 0) is 11.2 Å². The molecule has 5 N–H and O–H groups in total. The van der Waals surface area contributed by atoms with Crippen LogP contribution in [0.4, 0.5) is 18.3 Å². The molecule has 1 aromatic rings. The van der Waals surface area contributed by atoms with E-state index in [9.17, 15) is 18.0 Å². The molecule has 0 aliphatic carbocycles. The number of aryl methyl sites for hydroxylation is 1. The fourth-order valence-corrected chi connectivity index (χ4v) is 2.00. The number of hydrogen-bond acceptors (Lipinski definition) is 4. The van der Waals surface area contributed by atoms with E-state index in [2.05, 4.69) is 15.3 Å². The molecule has 1 rings (SSSR count). The highest BCUT2D eigenvalue weighted by molar-refractivity contribution is 7.13. The summed E-state index contributed by atoms with van der Waals surface area (Å²) in [5.74, 6) is -0.734. The number of thiazole rings is 1. The van der Waals surface area contributed by atoms with Gasteiger partial charge in [-0.15, -0.1) is 11.3 Å². The zero-order valence-electron chi connectivity index (χ0n) is 10.4. The minimum atomic E-state index is -4.39. The molecule has 0 aromatic carbocycles. The van der Waals surface area contributed by atoms with Crippen LogP contribution in [0.1, 0.15) is 18.5 Å². The van der Waals surface area contributed by atoms with Crippen molar-refractivity contribution >= 4 is 28.3 Å². The van der Waals surface area contributed by atoms with E-state index in [0.717, 1.165) is 0 Å². The Morgan fingerprint density at radius 1 is 1.45 bits per heavy atom. The second-order valence-corrected chi connectivity index (χ2v) is 4.76. The number of nitrogens with two attached hydrogens (primary N) is 2. The Hall–Kier alpha value is -1.84. The second-order valence-electron chi connectivity index (χ2n) is 3.91. The van der Waals surface area contributed by atoms with Crippen LogP contribution in [0.3, 0.4) is 0 Å². The van der Waals surface area contributed by atoms with E-state index in [1.54, 1.807) is 5.38 Å². The van der Waals surface area contributed by atoms with E-state index in [-0.39, 0.29) is 18.3 Å². The fourth-order valence-electron chi connectivity index (χ4n) is 1.25. The fraction of sp³-hybridized carbons (Fsp3) is 0.500. The van der Waals surface area contributed by atoms with Crippen LogP contribution < -0.4 is 16.8 Å². The van der Waals surface area contributed by atoms with Crippen molar-refractivity contribution in [3.8, 4) is 0 Å². The number of rotatable bonds is 6. The van der Waals surface area contributed by atoms with E-state index in [1.807, 2.05) is 0 Å². The summed E-state index contributed by atoms with van der Waals surface area (Å²) in [7, 11) is 0. The Morgan fingerprint density at radius 3 is 2.75 bits per heavy atom. The van der Waals surface area contributed by atoms with Gasteiger partial charge in [0.2, 0.25) is 5.91 Å². The topological polar surface area (TPSA) is 106 Å². The van der Waals surface area contributed by atoms with E-state index in [1.165, 1.54) is 11.3 Å². The molecule has 0 saturated heterocycles. The van der Waals surface area contributed by atoms with Crippen molar-refractivity contribution in [3.05, 3.63) is 11.1 Å². The van der Waals surface area contributed by atoms with Gasteiger partial charge in [-0.25, -0.2) is 9.98 Å². The summed E-state index contributed by atoms with van der Waals surface area (Å²) in [4.78, 5) is 17.8. The minimum absolute atomic E-state index is 0.259. The van der Waals surface area contributed by atoms with Crippen LogP contribution in [0.5, 0.6) is 0 Å². The summed E-state index contributed by atoms with van der Waals surface area (Å²) in [5.41, 5.74) is 11.0. The smallest absolute Gasteiger partial charge is 0.370 e. The molecule has 0 saturated carbocycles. The van der Waals surface area contributed by atoms with Gasteiger partial charge in [0, 0.05) is 11.8 Å². The van der Waals surface area contributed by atoms with Crippen molar-refractivity contribution in [1.29, 1.82) is 0 Å². The van der Waals surface area contributed by atoms with Crippen molar-refractivity contribution < 1.29 is 18.0 Å². The van der Waals surface area contributed by atoms with Crippen LogP contribution >= 0.6 is 11.3 Å². The number of hydrogen-bond donors (Lipinski definition) is 3. The molecular formula is C10H14F3N5OS. The van der Waals surface area contributed by atoms with Gasteiger partial charge in [-0.05, 0) is 12.8 Å². The lowest BCUT2D eigenvalue weighted by atomic mass is 10.2. The predicted octanol–water partition coefficient (Wildman–Crippen LogP) is 1.24. The number of carbonyl (C=O) groups is 1. The Labute approximate surface area is 117 Å².